The zero-order valence-corrected chi connectivity index (χ0v) is 15.2. The molecule has 2 heterocycles. The molecule has 1 atom stereocenters. The Morgan fingerprint density at radius 2 is 2.00 bits per heavy atom. The molecule has 2 aromatic carbocycles. The van der Waals surface area contributed by atoms with Crippen molar-refractivity contribution in [2.75, 3.05) is 13.2 Å². The number of aryl methyl sites for hydroxylation is 1. The second kappa shape index (κ2) is 7.70. The van der Waals surface area contributed by atoms with Crippen molar-refractivity contribution in [3.63, 3.8) is 0 Å². The Labute approximate surface area is 158 Å². The average molecular weight is 359 g/mol. The second-order valence-corrected chi connectivity index (χ2v) is 6.83. The molecule has 6 nitrogen and oxygen atoms in total. The summed E-state index contributed by atoms with van der Waals surface area (Å²) in [5.74, 6) is 0. The van der Waals surface area contributed by atoms with E-state index in [1.807, 2.05) is 35.1 Å². The number of hydrogen-bond donors (Lipinski definition) is 0. The van der Waals surface area contributed by atoms with Gasteiger partial charge in [0, 0.05) is 13.1 Å². The van der Waals surface area contributed by atoms with E-state index >= 15 is 0 Å². The van der Waals surface area contributed by atoms with E-state index in [2.05, 4.69) is 52.5 Å². The highest BCUT2D eigenvalue weighted by molar-refractivity contribution is 5.31. The van der Waals surface area contributed by atoms with Gasteiger partial charge in [0.15, 0.2) is 6.23 Å². The summed E-state index contributed by atoms with van der Waals surface area (Å²) in [6, 6.07) is 18.2. The molecule has 136 valence electrons. The van der Waals surface area contributed by atoms with Crippen molar-refractivity contribution >= 4 is 0 Å². The van der Waals surface area contributed by atoms with Crippen molar-refractivity contribution < 1.29 is 4.74 Å². The average Bonchev–Trinajstić information content (AvgIpc) is 3.32. The smallest absolute Gasteiger partial charge is 0.157 e. The number of nitrogens with zero attached hydrogens (tertiary/aromatic N) is 5. The quantitative estimate of drug-likeness (QED) is 0.700. The maximum Gasteiger partial charge on any atom is 0.157 e. The molecule has 27 heavy (non-hydrogen) atoms. The van der Waals surface area contributed by atoms with E-state index in [9.17, 15) is 0 Å². The molecular weight excluding hydrogens is 338 g/mol. The van der Waals surface area contributed by atoms with Crippen molar-refractivity contribution in [3.05, 3.63) is 82.7 Å². The third-order valence-corrected chi connectivity index (χ3v) is 4.69. The van der Waals surface area contributed by atoms with Gasteiger partial charge in [-0.15, -0.1) is 5.10 Å². The van der Waals surface area contributed by atoms with E-state index in [-0.39, 0.29) is 6.23 Å². The van der Waals surface area contributed by atoms with Crippen LogP contribution in [-0.2, 0) is 17.8 Å². The number of aromatic nitrogens is 3. The molecule has 0 N–H and O–H groups in total. The molecular formula is C21H21N5O. The van der Waals surface area contributed by atoms with Crippen LogP contribution in [0.2, 0.25) is 0 Å². The van der Waals surface area contributed by atoms with E-state index in [1.165, 1.54) is 11.1 Å². The SMILES string of the molecule is Cc1cccc(CN2CCO[C@H]2c2cn(Cc3ccc(C#N)cc3)nn2)c1. The first-order valence-electron chi connectivity index (χ1n) is 9.01. The molecule has 0 spiro atoms. The lowest BCUT2D eigenvalue weighted by atomic mass is 10.1. The largest absolute Gasteiger partial charge is 0.356 e. The summed E-state index contributed by atoms with van der Waals surface area (Å²) in [6.07, 6.45) is 1.78. The van der Waals surface area contributed by atoms with Crippen molar-refractivity contribution in [2.45, 2.75) is 26.2 Å². The van der Waals surface area contributed by atoms with E-state index in [0.29, 0.717) is 18.7 Å². The Morgan fingerprint density at radius 1 is 1.15 bits per heavy atom. The number of ether oxygens (including phenoxy) is 1. The maximum absolute atomic E-state index is 8.89. The second-order valence-electron chi connectivity index (χ2n) is 6.83. The van der Waals surface area contributed by atoms with Gasteiger partial charge in [-0.05, 0) is 30.2 Å². The Kier molecular flexibility index (Phi) is 4.97. The fourth-order valence-electron chi connectivity index (χ4n) is 3.36. The van der Waals surface area contributed by atoms with Crippen molar-refractivity contribution in [1.29, 1.82) is 5.26 Å². The summed E-state index contributed by atoms with van der Waals surface area (Å²) in [5.41, 5.74) is 5.10. The van der Waals surface area contributed by atoms with Gasteiger partial charge in [0.05, 0.1) is 31.0 Å². The fraction of sp³-hybridized carbons (Fsp3) is 0.286. The lowest BCUT2D eigenvalue weighted by molar-refractivity contribution is 0.0252. The van der Waals surface area contributed by atoms with Gasteiger partial charge in [0.1, 0.15) is 5.69 Å². The van der Waals surface area contributed by atoms with Crippen LogP contribution in [0.15, 0.2) is 54.7 Å². The lowest BCUT2D eigenvalue weighted by Gasteiger charge is -2.21. The van der Waals surface area contributed by atoms with Crippen LogP contribution in [-0.4, -0.2) is 33.0 Å². The molecule has 3 aromatic rings. The molecule has 0 saturated carbocycles. The minimum atomic E-state index is -0.166. The normalized spacial score (nSPS) is 17.1. The van der Waals surface area contributed by atoms with Crippen LogP contribution in [0.5, 0.6) is 0 Å². The minimum absolute atomic E-state index is 0.166. The standard InChI is InChI=1S/C21H21N5O/c1-16-3-2-4-19(11-16)13-25-9-10-27-21(25)20-15-26(24-23-20)14-18-7-5-17(12-22)6-8-18/h2-8,11,15,21H,9-10,13-14H2,1H3/t21-/m0/s1. The summed E-state index contributed by atoms with van der Waals surface area (Å²) >= 11 is 0. The number of rotatable bonds is 5. The van der Waals surface area contributed by atoms with Gasteiger partial charge in [-0.3, -0.25) is 4.90 Å². The van der Waals surface area contributed by atoms with Crippen LogP contribution in [0.25, 0.3) is 0 Å². The Bertz CT molecular complexity index is 957. The van der Waals surface area contributed by atoms with E-state index < -0.39 is 0 Å². The van der Waals surface area contributed by atoms with Gasteiger partial charge < -0.3 is 4.74 Å². The third kappa shape index (κ3) is 4.05. The van der Waals surface area contributed by atoms with Gasteiger partial charge in [-0.25, -0.2) is 4.68 Å². The molecule has 0 bridgehead atoms. The number of nitriles is 1. The van der Waals surface area contributed by atoms with Crippen molar-refractivity contribution in [3.8, 4) is 6.07 Å². The van der Waals surface area contributed by atoms with Crippen molar-refractivity contribution in [2.24, 2.45) is 0 Å². The molecule has 4 rings (SSSR count). The molecule has 1 aromatic heterocycles. The fourth-order valence-corrected chi connectivity index (χ4v) is 3.36. The van der Waals surface area contributed by atoms with Gasteiger partial charge in [0.25, 0.3) is 0 Å². The first kappa shape index (κ1) is 17.4. The van der Waals surface area contributed by atoms with Crippen LogP contribution < -0.4 is 0 Å². The maximum atomic E-state index is 8.89. The van der Waals surface area contributed by atoms with E-state index in [1.54, 1.807) is 0 Å². The molecule has 1 aliphatic heterocycles. The van der Waals surface area contributed by atoms with Gasteiger partial charge in [0.2, 0.25) is 0 Å². The Hall–Kier alpha value is -3.01. The molecule has 0 unspecified atom stereocenters. The Morgan fingerprint density at radius 3 is 2.78 bits per heavy atom. The topological polar surface area (TPSA) is 67.0 Å². The van der Waals surface area contributed by atoms with Crippen LogP contribution in [0, 0.1) is 18.3 Å². The molecule has 0 aliphatic carbocycles. The predicted octanol–water partition coefficient (Wildman–Crippen LogP) is 3.04. The van der Waals surface area contributed by atoms with Crippen LogP contribution in [0.1, 0.15) is 34.2 Å². The minimum Gasteiger partial charge on any atom is -0.356 e. The lowest BCUT2D eigenvalue weighted by Crippen LogP contribution is -2.23. The third-order valence-electron chi connectivity index (χ3n) is 4.69. The number of hydrogen-bond acceptors (Lipinski definition) is 5. The molecule has 6 heteroatoms. The van der Waals surface area contributed by atoms with Crippen LogP contribution in [0.4, 0.5) is 0 Å². The summed E-state index contributed by atoms with van der Waals surface area (Å²) in [4.78, 5) is 2.28. The highest BCUT2D eigenvalue weighted by atomic mass is 16.5. The van der Waals surface area contributed by atoms with Crippen LogP contribution in [0.3, 0.4) is 0 Å². The Balaban J connectivity index is 1.45. The highest BCUT2D eigenvalue weighted by Gasteiger charge is 2.29. The first-order chi connectivity index (χ1) is 13.2. The monoisotopic (exact) mass is 359 g/mol. The van der Waals surface area contributed by atoms with Crippen LogP contribution >= 0.6 is 0 Å². The first-order valence-corrected chi connectivity index (χ1v) is 9.01. The molecule has 1 saturated heterocycles. The zero-order valence-electron chi connectivity index (χ0n) is 15.2. The molecule has 0 amide bonds. The zero-order chi connectivity index (χ0) is 18.6. The highest BCUT2D eigenvalue weighted by Crippen LogP contribution is 2.27. The molecule has 0 radical (unpaired) electrons. The van der Waals surface area contributed by atoms with Gasteiger partial charge in [-0.1, -0.05) is 47.2 Å². The van der Waals surface area contributed by atoms with Crippen molar-refractivity contribution in [1.82, 2.24) is 19.9 Å². The van der Waals surface area contributed by atoms with E-state index in [4.69, 9.17) is 10.00 Å². The number of benzene rings is 2. The molecule has 1 fully saturated rings. The summed E-state index contributed by atoms with van der Waals surface area (Å²) < 4.78 is 7.73. The molecule has 1 aliphatic rings. The summed E-state index contributed by atoms with van der Waals surface area (Å²) in [6.45, 7) is 5.12. The van der Waals surface area contributed by atoms with E-state index in [0.717, 1.165) is 24.3 Å². The van der Waals surface area contributed by atoms with Gasteiger partial charge in [-0.2, -0.15) is 5.26 Å². The summed E-state index contributed by atoms with van der Waals surface area (Å²) in [5, 5.41) is 17.5. The van der Waals surface area contributed by atoms with Gasteiger partial charge >= 0.3 is 0 Å². The predicted molar refractivity (Wildman–Crippen MR) is 101 cm³/mol. The summed E-state index contributed by atoms with van der Waals surface area (Å²) in [7, 11) is 0.